The molecule has 0 unspecified atom stereocenters. The van der Waals surface area contributed by atoms with Crippen LogP contribution < -0.4 is 15.8 Å². The first kappa shape index (κ1) is 16.7. The number of methoxy groups -OCH3 is 1. The molecule has 1 aromatic carbocycles. The molecule has 2 heterocycles. The fraction of sp³-hybridized carbons (Fsp3) is 0.500. The lowest BCUT2D eigenvalue weighted by atomic mass is 10.1. The molecule has 0 bridgehead atoms. The molecule has 130 valence electrons. The van der Waals surface area contributed by atoms with E-state index in [2.05, 4.69) is 5.32 Å². The number of hydrogen-bond donors (Lipinski definition) is 2. The predicted molar refractivity (Wildman–Crippen MR) is 82.7 cm³/mol. The van der Waals surface area contributed by atoms with E-state index in [-0.39, 0.29) is 36.9 Å². The zero-order valence-corrected chi connectivity index (χ0v) is 13.3. The average molecular weight is 336 g/mol. The van der Waals surface area contributed by atoms with Crippen LogP contribution in [0.25, 0.3) is 0 Å². The van der Waals surface area contributed by atoms with Crippen LogP contribution in [0.1, 0.15) is 10.4 Å². The van der Waals surface area contributed by atoms with Gasteiger partial charge in [-0.2, -0.15) is 0 Å². The van der Waals surface area contributed by atoms with Crippen molar-refractivity contribution in [3.8, 4) is 5.75 Å². The molecule has 1 aromatic rings. The fourth-order valence-electron chi connectivity index (χ4n) is 2.91. The maximum absolute atomic E-state index is 12.3. The van der Waals surface area contributed by atoms with Gasteiger partial charge in [0.05, 0.1) is 26.4 Å². The van der Waals surface area contributed by atoms with Gasteiger partial charge in [0.15, 0.2) is 0 Å². The van der Waals surface area contributed by atoms with Gasteiger partial charge < -0.3 is 30.0 Å². The van der Waals surface area contributed by atoms with Gasteiger partial charge in [0.2, 0.25) is 5.91 Å². The highest BCUT2D eigenvalue weighted by Gasteiger charge is 2.48. The molecule has 0 saturated carbocycles. The number of fused-ring (bicyclic) bond motifs is 1. The van der Waals surface area contributed by atoms with Crippen molar-refractivity contribution in [1.82, 2.24) is 5.32 Å². The van der Waals surface area contributed by atoms with Crippen molar-refractivity contribution in [3.05, 3.63) is 29.8 Å². The van der Waals surface area contributed by atoms with E-state index in [0.29, 0.717) is 24.5 Å². The Hall–Kier alpha value is -2.16. The summed E-state index contributed by atoms with van der Waals surface area (Å²) in [6, 6.07) is 6.56. The summed E-state index contributed by atoms with van der Waals surface area (Å²) in [5.41, 5.74) is 5.60. The normalized spacial score (nSPS) is 28.4. The number of carbonyl (C=O) groups is 2. The Balaban J connectivity index is 1.57. The predicted octanol–water partition coefficient (Wildman–Crippen LogP) is -0.538. The summed E-state index contributed by atoms with van der Waals surface area (Å²) >= 11 is 0. The number of amides is 2. The summed E-state index contributed by atoms with van der Waals surface area (Å²) in [5.74, 6) is -0.0674. The number of benzene rings is 1. The minimum atomic E-state index is -0.541. The third-order valence-electron chi connectivity index (χ3n) is 4.12. The van der Waals surface area contributed by atoms with E-state index in [1.807, 2.05) is 0 Å². The first-order chi connectivity index (χ1) is 11.6. The Morgan fingerprint density at radius 3 is 2.58 bits per heavy atom. The zero-order valence-electron chi connectivity index (χ0n) is 13.3. The maximum atomic E-state index is 12.3. The number of nitrogens with two attached hydrogens (primary N) is 1. The van der Waals surface area contributed by atoms with Crippen molar-refractivity contribution in [2.24, 2.45) is 5.73 Å². The Morgan fingerprint density at radius 2 is 1.92 bits per heavy atom. The molecular weight excluding hydrogens is 316 g/mol. The van der Waals surface area contributed by atoms with Crippen molar-refractivity contribution in [2.75, 3.05) is 26.9 Å². The highest BCUT2D eigenvalue weighted by atomic mass is 16.6. The van der Waals surface area contributed by atoms with Gasteiger partial charge in [-0.15, -0.1) is 0 Å². The van der Waals surface area contributed by atoms with Gasteiger partial charge >= 0.3 is 0 Å². The second-order valence-corrected chi connectivity index (χ2v) is 5.72. The van der Waals surface area contributed by atoms with Crippen LogP contribution in [-0.4, -0.2) is 63.1 Å². The number of ether oxygens (including phenoxy) is 4. The molecule has 0 aliphatic carbocycles. The van der Waals surface area contributed by atoms with Gasteiger partial charge in [0.25, 0.3) is 5.91 Å². The lowest BCUT2D eigenvalue weighted by molar-refractivity contribution is -0.126. The van der Waals surface area contributed by atoms with Crippen LogP contribution in [0.4, 0.5) is 0 Å². The van der Waals surface area contributed by atoms with Crippen molar-refractivity contribution in [2.45, 2.75) is 24.4 Å². The summed E-state index contributed by atoms with van der Waals surface area (Å²) in [4.78, 5) is 23.1. The van der Waals surface area contributed by atoms with E-state index in [9.17, 15) is 9.59 Å². The van der Waals surface area contributed by atoms with E-state index in [1.165, 1.54) is 0 Å². The summed E-state index contributed by atoms with van der Waals surface area (Å²) in [6.07, 6.45) is -0.971. The monoisotopic (exact) mass is 336 g/mol. The molecule has 0 aromatic heterocycles. The van der Waals surface area contributed by atoms with Crippen LogP contribution in [-0.2, 0) is 19.0 Å². The van der Waals surface area contributed by atoms with Crippen LogP contribution in [0.3, 0.4) is 0 Å². The number of carbonyl (C=O) groups excluding carboxylic acids is 2. The molecule has 4 atom stereocenters. The molecule has 8 nitrogen and oxygen atoms in total. The smallest absolute Gasteiger partial charge is 0.251 e. The first-order valence-corrected chi connectivity index (χ1v) is 7.66. The lowest BCUT2D eigenvalue weighted by Gasteiger charge is -2.18. The quantitative estimate of drug-likeness (QED) is 0.722. The molecule has 2 aliphatic rings. The first-order valence-electron chi connectivity index (χ1n) is 7.66. The summed E-state index contributed by atoms with van der Waals surface area (Å²) in [6.45, 7) is 0.453. The van der Waals surface area contributed by atoms with Gasteiger partial charge in [-0.25, -0.2) is 0 Å². The lowest BCUT2D eigenvalue weighted by Crippen LogP contribution is -2.44. The SMILES string of the molecule is COc1ccc(C(=O)N[C@H]2CO[C@H]3[C@@H]2OC[C@H]3OCC(N)=O)cc1. The molecule has 2 fully saturated rings. The second kappa shape index (κ2) is 7.16. The number of rotatable bonds is 6. The number of primary amides is 1. The van der Waals surface area contributed by atoms with E-state index >= 15 is 0 Å². The summed E-state index contributed by atoms with van der Waals surface area (Å²) in [5, 5.41) is 2.91. The topological polar surface area (TPSA) is 109 Å². The van der Waals surface area contributed by atoms with Gasteiger partial charge in [-0.3, -0.25) is 9.59 Å². The van der Waals surface area contributed by atoms with Crippen LogP contribution in [0.5, 0.6) is 5.75 Å². The van der Waals surface area contributed by atoms with Gasteiger partial charge in [-0.05, 0) is 24.3 Å². The third kappa shape index (κ3) is 3.50. The van der Waals surface area contributed by atoms with Gasteiger partial charge in [0, 0.05) is 5.56 Å². The molecule has 24 heavy (non-hydrogen) atoms. The van der Waals surface area contributed by atoms with E-state index in [4.69, 9.17) is 24.7 Å². The summed E-state index contributed by atoms with van der Waals surface area (Å²) < 4.78 is 21.8. The van der Waals surface area contributed by atoms with Crippen molar-refractivity contribution >= 4 is 11.8 Å². The molecule has 0 radical (unpaired) electrons. The largest absolute Gasteiger partial charge is 0.497 e. The highest BCUT2D eigenvalue weighted by Crippen LogP contribution is 2.29. The standard InChI is InChI=1S/C16H20N2O6/c1-21-10-4-2-9(3-5-10)16(20)18-11-6-23-15-12(7-24-14(11)15)22-8-13(17)19/h2-5,11-12,14-15H,6-8H2,1H3,(H2,17,19)(H,18,20)/t11-,12+,14+,15+/m0/s1. The van der Waals surface area contributed by atoms with E-state index in [1.54, 1.807) is 31.4 Å². The Kier molecular flexibility index (Phi) is 4.98. The Labute approximate surface area is 139 Å². The van der Waals surface area contributed by atoms with E-state index < -0.39 is 5.91 Å². The van der Waals surface area contributed by atoms with E-state index in [0.717, 1.165) is 0 Å². The Morgan fingerprint density at radius 1 is 1.21 bits per heavy atom. The van der Waals surface area contributed by atoms with Crippen molar-refractivity contribution in [3.63, 3.8) is 0 Å². The Bertz CT molecular complexity index is 605. The fourth-order valence-corrected chi connectivity index (χ4v) is 2.91. The molecular formula is C16H20N2O6. The van der Waals surface area contributed by atoms with Gasteiger partial charge in [0.1, 0.15) is 30.7 Å². The minimum absolute atomic E-state index is 0.177. The van der Waals surface area contributed by atoms with Crippen molar-refractivity contribution < 1.29 is 28.5 Å². The molecule has 8 heteroatoms. The zero-order chi connectivity index (χ0) is 17.1. The number of hydrogen-bond acceptors (Lipinski definition) is 6. The molecule has 3 N–H and O–H groups in total. The maximum Gasteiger partial charge on any atom is 0.251 e. The highest BCUT2D eigenvalue weighted by molar-refractivity contribution is 5.94. The average Bonchev–Trinajstić information content (AvgIpc) is 3.16. The third-order valence-corrected chi connectivity index (χ3v) is 4.12. The summed E-state index contributed by atoms with van der Waals surface area (Å²) in [7, 11) is 1.57. The van der Waals surface area contributed by atoms with Crippen LogP contribution >= 0.6 is 0 Å². The molecule has 2 aliphatic heterocycles. The number of nitrogens with one attached hydrogen (secondary N) is 1. The van der Waals surface area contributed by atoms with Crippen LogP contribution in [0.2, 0.25) is 0 Å². The molecule has 3 rings (SSSR count). The molecule has 2 amide bonds. The van der Waals surface area contributed by atoms with Crippen molar-refractivity contribution in [1.29, 1.82) is 0 Å². The van der Waals surface area contributed by atoms with Crippen LogP contribution in [0.15, 0.2) is 24.3 Å². The van der Waals surface area contributed by atoms with Crippen LogP contribution in [0, 0.1) is 0 Å². The minimum Gasteiger partial charge on any atom is -0.497 e. The van der Waals surface area contributed by atoms with Gasteiger partial charge in [-0.1, -0.05) is 0 Å². The molecule has 2 saturated heterocycles. The second-order valence-electron chi connectivity index (χ2n) is 5.72. The molecule has 0 spiro atoms.